The molecule has 256 valence electrons. The van der Waals surface area contributed by atoms with Gasteiger partial charge in [0.2, 0.25) is 10.0 Å². The molecule has 3 aromatic rings. The van der Waals surface area contributed by atoms with Crippen LogP contribution in [0.25, 0.3) is 11.1 Å². The summed E-state index contributed by atoms with van der Waals surface area (Å²) >= 11 is 0. The number of aliphatic hydroxyl groups excluding tert-OH is 1. The summed E-state index contributed by atoms with van der Waals surface area (Å²) in [6.07, 6.45) is 0.984. The maximum absolute atomic E-state index is 14.0. The van der Waals surface area contributed by atoms with Gasteiger partial charge in [0, 0.05) is 32.2 Å². The Labute approximate surface area is 278 Å². The second-order valence-corrected chi connectivity index (χ2v) is 16.2. The topological polar surface area (TPSA) is 157 Å². The summed E-state index contributed by atoms with van der Waals surface area (Å²) in [5.74, 6) is 0.707. The number of sulfonamides is 1. The van der Waals surface area contributed by atoms with Crippen molar-refractivity contribution in [2.45, 2.75) is 67.2 Å². The number of ether oxygens (including phenoxy) is 3. The molecule has 0 bridgehead atoms. The van der Waals surface area contributed by atoms with Gasteiger partial charge in [-0.25, -0.2) is 16.8 Å². The Morgan fingerprint density at radius 2 is 1.72 bits per heavy atom. The van der Waals surface area contributed by atoms with Gasteiger partial charge < -0.3 is 30.4 Å². The summed E-state index contributed by atoms with van der Waals surface area (Å²) in [6.45, 7) is 5.55. The van der Waals surface area contributed by atoms with Crippen LogP contribution in [0, 0.1) is 0 Å². The number of hydrogen-bond donors (Lipinski definition) is 3. The minimum Gasteiger partial charge on any atom is -0.492 e. The van der Waals surface area contributed by atoms with Crippen molar-refractivity contribution in [3.63, 3.8) is 0 Å². The van der Waals surface area contributed by atoms with E-state index >= 15 is 0 Å². The van der Waals surface area contributed by atoms with Crippen molar-refractivity contribution in [3.8, 4) is 22.6 Å². The number of nitrogens with zero attached hydrogens (tertiary/aromatic N) is 1. The fourth-order valence-corrected chi connectivity index (χ4v) is 8.59. The van der Waals surface area contributed by atoms with Crippen LogP contribution in [-0.2, 0) is 31.1 Å². The van der Waals surface area contributed by atoms with Crippen molar-refractivity contribution >= 4 is 19.9 Å². The molecule has 2 unspecified atom stereocenters. The van der Waals surface area contributed by atoms with E-state index in [1.165, 1.54) is 16.4 Å². The molecule has 2 aliphatic rings. The molecule has 0 radical (unpaired) electrons. The molecule has 11 nitrogen and oxygen atoms in total. The van der Waals surface area contributed by atoms with Gasteiger partial charge in [-0.15, -0.1) is 0 Å². The summed E-state index contributed by atoms with van der Waals surface area (Å²) in [6, 6.07) is 19.3. The van der Waals surface area contributed by atoms with Crippen molar-refractivity contribution in [3.05, 3.63) is 72.3 Å². The predicted molar refractivity (Wildman–Crippen MR) is 180 cm³/mol. The number of hydrogen-bond acceptors (Lipinski definition) is 10. The maximum atomic E-state index is 14.0. The van der Waals surface area contributed by atoms with Gasteiger partial charge in [-0.1, -0.05) is 43.3 Å². The molecule has 1 spiro atoms. The van der Waals surface area contributed by atoms with Crippen LogP contribution < -0.4 is 20.5 Å². The van der Waals surface area contributed by atoms with Crippen LogP contribution in [0.4, 0.5) is 0 Å². The first-order valence-electron chi connectivity index (χ1n) is 16.1. The number of aliphatic hydroxyl groups is 1. The third-order valence-corrected chi connectivity index (χ3v) is 12.5. The zero-order valence-corrected chi connectivity index (χ0v) is 28.6. The second kappa shape index (κ2) is 15.0. The van der Waals surface area contributed by atoms with E-state index in [0.29, 0.717) is 63.6 Å². The van der Waals surface area contributed by atoms with Crippen molar-refractivity contribution < 1.29 is 36.2 Å². The molecule has 2 heterocycles. The Bertz CT molecular complexity index is 1720. The third-order valence-electron chi connectivity index (χ3n) is 8.86. The summed E-state index contributed by atoms with van der Waals surface area (Å²) in [4.78, 5) is 0.340. The van der Waals surface area contributed by atoms with E-state index in [4.69, 9.17) is 19.9 Å². The first-order valence-corrected chi connectivity index (χ1v) is 19.2. The molecule has 2 atom stereocenters. The van der Waals surface area contributed by atoms with Gasteiger partial charge in [0.25, 0.3) is 0 Å². The molecular formula is C34H45N3O8S2. The van der Waals surface area contributed by atoms with E-state index in [-0.39, 0.29) is 34.7 Å². The highest BCUT2D eigenvalue weighted by molar-refractivity contribution is 7.91. The maximum Gasteiger partial charge on any atom is 0.246 e. The lowest BCUT2D eigenvalue weighted by molar-refractivity contribution is -0.0312. The van der Waals surface area contributed by atoms with E-state index in [1.54, 1.807) is 31.2 Å². The van der Waals surface area contributed by atoms with Crippen molar-refractivity contribution in [1.29, 1.82) is 0 Å². The van der Waals surface area contributed by atoms with Crippen LogP contribution in [0.3, 0.4) is 0 Å². The average Bonchev–Trinajstić information content (AvgIpc) is 3.48. The average molecular weight is 688 g/mol. The van der Waals surface area contributed by atoms with Crippen LogP contribution >= 0.6 is 0 Å². The minimum atomic E-state index is -3.84. The number of nitrogens with two attached hydrogens (primary N) is 1. The minimum absolute atomic E-state index is 0.00188. The van der Waals surface area contributed by atoms with Gasteiger partial charge in [0.05, 0.1) is 29.5 Å². The molecule has 13 heteroatoms. The third kappa shape index (κ3) is 8.34. The SMILES string of the molecule is CCOc1ccc(-c2ccc(CN)cc2)cc1S(=O)(=O)N1CCC2(CC1)CC(NCC(O)COc1cccc(S(=O)(=O)CC)c1)CO2. The molecule has 0 amide bonds. The molecule has 2 aliphatic heterocycles. The molecule has 0 aromatic heterocycles. The number of nitrogens with one attached hydrogen (secondary N) is 1. The molecular weight excluding hydrogens is 643 g/mol. The van der Waals surface area contributed by atoms with Crippen molar-refractivity contribution in [1.82, 2.24) is 9.62 Å². The predicted octanol–water partition coefficient (Wildman–Crippen LogP) is 3.35. The zero-order valence-electron chi connectivity index (χ0n) is 26.9. The van der Waals surface area contributed by atoms with Crippen molar-refractivity contribution in [2.75, 3.05) is 45.2 Å². The molecule has 2 fully saturated rings. The van der Waals surface area contributed by atoms with Crippen LogP contribution in [0.1, 0.15) is 38.7 Å². The molecule has 2 saturated heterocycles. The Kier molecular flexibility index (Phi) is 11.3. The van der Waals surface area contributed by atoms with E-state index in [0.717, 1.165) is 16.7 Å². The molecule has 5 rings (SSSR count). The smallest absolute Gasteiger partial charge is 0.246 e. The van der Waals surface area contributed by atoms with Gasteiger partial charge >= 0.3 is 0 Å². The Balaban J connectivity index is 1.15. The lowest BCUT2D eigenvalue weighted by atomic mass is 9.88. The summed E-state index contributed by atoms with van der Waals surface area (Å²) in [7, 11) is -7.20. The summed E-state index contributed by atoms with van der Waals surface area (Å²) in [5, 5.41) is 13.9. The molecule has 47 heavy (non-hydrogen) atoms. The van der Waals surface area contributed by atoms with Gasteiger partial charge in [-0.2, -0.15) is 4.31 Å². The highest BCUT2D eigenvalue weighted by atomic mass is 32.2. The van der Waals surface area contributed by atoms with E-state index in [2.05, 4.69) is 5.32 Å². The number of benzene rings is 3. The Morgan fingerprint density at radius 3 is 2.40 bits per heavy atom. The van der Waals surface area contributed by atoms with Gasteiger partial charge in [-0.3, -0.25) is 0 Å². The van der Waals surface area contributed by atoms with Gasteiger partial charge in [-0.05, 0) is 73.2 Å². The van der Waals surface area contributed by atoms with Crippen LogP contribution in [-0.4, -0.2) is 89.2 Å². The highest BCUT2D eigenvalue weighted by Gasteiger charge is 2.45. The van der Waals surface area contributed by atoms with Crippen molar-refractivity contribution in [2.24, 2.45) is 5.73 Å². The number of sulfone groups is 1. The normalized spacial score (nSPS) is 19.1. The van der Waals surface area contributed by atoms with Gasteiger partial charge in [0.15, 0.2) is 9.84 Å². The van der Waals surface area contributed by atoms with E-state index in [1.807, 2.05) is 37.3 Å². The Morgan fingerprint density at radius 1 is 1.00 bits per heavy atom. The van der Waals surface area contributed by atoms with Crippen LogP contribution in [0.2, 0.25) is 0 Å². The van der Waals surface area contributed by atoms with Crippen LogP contribution in [0.15, 0.2) is 76.5 Å². The van der Waals surface area contributed by atoms with E-state index in [9.17, 15) is 21.9 Å². The summed E-state index contributed by atoms with van der Waals surface area (Å²) in [5.41, 5.74) is 7.97. The Hall–Kier alpha value is -3.04. The van der Waals surface area contributed by atoms with Gasteiger partial charge in [0.1, 0.15) is 29.1 Å². The first kappa shape index (κ1) is 35.3. The molecule has 0 saturated carbocycles. The van der Waals surface area contributed by atoms with E-state index < -0.39 is 31.6 Å². The molecule has 0 aliphatic carbocycles. The fraction of sp³-hybridized carbons (Fsp3) is 0.471. The largest absolute Gasteiger partial charge is 0.492 e. The highest BCUT2D eigenvalue weighted by Crippen LogP contribution is 2.39. The molecule has 4 N–H and O–H groups in total. The monoisotopic (exact) mass is 687 g/mol. The lowest BCUT2D eigenvalue weighted by Gasteiger charge is -2.38. The fourth-order valence-electron chi connectivity index (χ4n) is 6.07. The summed E-state index contributed by atoms with van der Waals surface area (Å²) < 4.78 is 71.4. The number of rotatable bonds is 14. The zero-order chi connectivity index (χ0) is 33.7. The second-order valence-electron chi connectivity index (χ2n) is 12.0. The van der Waals surface area contributed by atoms with Crippen LogP contribution in [0.5, 0.6) is 11.5 Å². The molecule has 3 aromatic carbocycles. The standard InChI is InChI=1S/C34H45N3O8S2/c1-3-43-32-13-12-27(26-10-8-25(21-35)9-11-26)18-33(32)47(41,42)37-16-14-34(15-17-37)20-28(23-45-34)36-22-29(38)24-44-30-6-5-7-31(19-30)46(39,40)4-2/h5-13,18-19,28-29,36,38H,3-4,14-17,20-24,35H2,1-2H3. The number of piperidine rings is 1. The quantitative estimate of drug-likeness (QED) is 0.230. The lowest BCUT2D eigenvalue weighted by Crippen LogP contribution is -2.47. The first-order chi connectivity index (χ1) is 22.5.